The van der Waals surface area contributed by atoms with Crippen molar-refractivity contribution in [2.24, 2.45) is 0 Å². The van der Waals surface area contributed by atoms with E-state index < -0.39 is 0 Å². The van der Waals surface area contributed by atoms with Crippen molar-refractivity contribution in [3.05, 3.63) is 29.3 Å². The van der Waals surface area contributed by atoms with Crippen LogP contribution in [0.15, 0.2) is 23.1 Å². The van der Waals surface area contributed by atoms with E-state index in [-0.39, 0.29) is 6.61 Å². The molecule has 0 heterocycles. The zero-order valence-corrected chi connectivity index (χ0v) is 8.27. The summed E-state index contributed by atoms with van der Waals surface area (Å²) in [5.41, 5.74) is 1.78. The van der Waals surface area contributed by atoms with Crippen LogP contribution in [0.3, 0.4) is 0 Å². The van der Waals surface area contributed by atoms with Crippen LogP contribution in [0.2, 0.25) is 0 Å². The molecule has 1 rings (SSSR count). The molecule has 0 fully saturated rings. The minimum absolute atomic E-state index is 0.185. The number of hydrogen-bond acceptors (Lipinski definition) is 3. The molecule has 13 heavy (non-hydrogen) atoms. The first-order valence-electron chi connectivity index (χ1n) is 4.02. The number of aliphatic hydroxyl groups is 1. The van der Waals surface area contributed by atoms with Crippen LogP contribution in [-0.4, -0.2) is 17.5 Å². The molecule has 1 aromatic carbocycles. The Balaban J connectivity index is 2.81. The minimum atomic E-state index is 0.185. The second-order valence-corrected chi connectivity index (χ2v) is 3.80. The Kier molecular flexibility index (Phi) is 3.81. The molecule has 0 saturated heterocycles. The summed E-state index contributed by atoms with van der Waals surface area (Å²) >= 11 is 1.61. The van der Waals surface area contributed by atoms with Crippen molar-refractivity contribution in [1.29, 1.82) is 5.26 Å². The number of benzene rings is 1. The van der Waals surface area contributed by atoms with Gasteiger partial charge in [0.25, 0.3) is 0 Å². The fourth-order valence-corrected chi connectivity index (χ4v) is 1.80. The van der Waals surface area contributed by atoms with Gasteiger partial charge in [-0.25, -0.2) is 0 Å². The molecule has 0 atom stereocenters. The molecule has 1 N–H and O–H groups in total. The van der Waals surface area contributed by atoms with Gasteiger partial charge in [-0.1, -0.05) is 0 Å². The Morgan fingerprint density at radius 2 is 2.31 bits per heavy atom. The summed E-state index contributed by atoms with van der Waals surface area (Å²) in [6.07, 6.45) is 0. The molecule has 0 aromatic heterocycles. The van der Waals surface area contributed by atoms with E-state index in [1.165, 1.54) is 0 Å². The van der Waals surface area contributed by atoms with E-state index in [9.17, 15) is 0 Å². The Morgan fingerprint density at radius 3 is 2.85 bits per heavy atom. The van der Waals surface area contributed by atoms with E-state index in [4.69, 9.17) is 10.4 Å². The molecule has 0 aliphatic rings. The third-order valence-electron chi connectivity index (χ3n) is 1.65. The summed E-state index contributed by atoms with van der Waals surface area (Å²) in [5.74, 6) is 0.701. The molecule has 0 amide bonds. The highest BCUT2D eigenvalue weighted by Crippen LogP contribution is 2.22. The van der Waals surface area contributed by atoms with Gasteiger partial charge in [0.15, 0.2) is 0 Å². The van der Waals surface area contributed by atoms with E-state index in [1.54, 1.807) is 17.8 Å². The summed E-state index contributed by atoms with van der Waals surface area (Å²) in [6.45, 7) is 2.16. The highest BCUT2D eigenvalue weighted by atomic mass is 32.2. The first-order valence-corrected chi connectivity index (χ1v) is 5.01. The average Bonchev–Trinajstić information content (AvgIpc) is 2.16. The molecular formula is C10H11NOS. The Hall–Kier alpha value is -0.980. The minimum Gasteiger partial charge on any atom is -0.396 e. The van der Waals surface area contributed by atoms with Gasteiger partial charge in [0.05, 0.1) is 18.2 Å². The van der Waals surface area contributed by atoms with E-state index in [1.807, 2.05) is 19.1 Å². The normalized spacial score (nSPS) is 9.62. The summed E-state index contributed by atoms with van der Waals surface area (Å²) in [5, 5.41) is 17.3. The van der Waals surface area contributed by atoms with Crippen molar-refractivity contribution >= 4 is 11.8 Å². The predicted molar refractivity (Wildman–Crippen MR) is 53.7 cm³/mol. The maximum Gasteiger partial charge on any atom is 0.0991 e. The van der Waals surface area contributed by atoms with Gasteiger partial charge >= 0.3 is 0 Å². The summed E-state index contributed by atoms with van der Waals surface area (Å²) in [6, 6.07) is 7.68. The highest BCUT2D eigenvalue weighted by Gasteiger charge is 1.99. The van der Waals surface area contributed by atoms with Crippen molar-refractivity contribution in [1.82, 2.24) is 0 Å². The molecule has 1 aromatic rings. The van der Waals surface area contributed by atoms with Gasteiger partial charge < -0.3 is 5.11 Å². The van der Waals surface area contributed by atoms with Crippen molar-refractivity contribution in [3.63, 3.8) is 0 Å². The summed E-state index contributed by atoms with van der Waals surface area (Å²) < 4.78 is 0. The van der Waals surface area contributed by atoms with Gasteiger partial charge in [-0.3, -0.25) is 0 Å². The van der Waals surface area contributed by atoms with E-state index in [0.717, 1.165) is 10.5 Å². The largest absolute Gasteiger partial charge is 0.396 e. The number of rotatable bonds is 3. The lowest BCUT2D eigenvalue weighted by molar-refractivity contribution is 0.322. The highest BCUT2D eigenvalue weighted by molar-refractivity contribution is 7.99. The summed E-state index contributed by atoms with van der Waals surface area (Å²) in [4.78, 5) is 1.13. The third kappa shape index (κ3) is 2.76. The molecule has 0 saturated carbocycles. The molecule has 0 unspecified atom stereocenters. The standard InChI is InChI=1S/C10H11NOS/c1-8-6-9(7-11)2-3-10(8)13-5-4-12/h2-3,6,12H,4-5H2,1H3. The molecule has 0 spiro atoms. The second-order valence-electron chi connectivity index (χ2n) is 2.66. The fraction of sp³-hybridized carbons (Fsp3) is 0.300. The Labute approximate surface area is 82.2 Å². The Bertz CT molecular complexity index is 330. The maximum absolute atomic E-state index is 8.65. The predicted octanol–water partition coefficient (Wildman–Crippen LogP) is 1.95. The smallest absolute Gasteiger partial charge is 0.0991 e. The molecule has 0 bridgehead atoms. The van der Waals surface area contributed by atoms with Crippen LogP contribution >= 0.6 is 11.8 Å². The lowest BCUT2D eigenvalue weighted by Crippen LogP contribution is -1.88. The fourth-order valence-electron chi connectivity index (χ4n) is 1.04. The molecule has 0 radical (unpaired) electrons. The Morgan fingerprint density at radius 1 is 1.54 bits per heavy atom. The lowest BCUT2D eigenvalue weighted by atomic mass is 10.2. The van der Waals surface area contributed by atoms with E-state index in [0.29, 0.717) is 11.3 Å². The van der Waals surface area contributed by atoms with Crippen molar-refractivity contribution in [2.45, 2.75) is 11.8 Å². The van der Waals surface area contributed by atoms with Gasteiger partial charge in [-0.15, -0.1) is 11.8 Å². The number of thioether (sulfide) groups is 1. The lowest BCUT2D eigenvalue weighted by Gasteiger charge is -2.03. The second kappa shape index (κ2) is 4.90. The SMILES string of the molecule is Cc1cc(C#N)ccc1SCCO. The van der Waals surface area contributed by atoms with Crippen LogP contribution in [0.4, 0.5) is 0 Å². The monoisotopic (exact) mass is 193 g/mol. The van der Waals surface area contributed by atoms with Gasteiger partial charge in [0.1, 0.15) is 0 Å². The quantitative estimate of drug-likeness (QED) is 0.746. The summed E-state index contributed by atoms with van der Waals surface area (Å²) in [7, 11) is 0. The van der Waals surface area contributed by atoms with Crippen LogP contribution < -0.4 is 0 Å². The van der Waals surface area contributed by atoms with Gasteiger partial charge in [-0.2, -0.15) is 5.26 Å². The number of aliphatic hydroxyl groups excluding tert-OH is 1. The number of hydrogen-bond donors (Lipinski definition) is 1. The molecular weight excluding hydrogens is 182 g/mol. The zero-order valence-electron chi connectivity index (χ0n) is 7.45. The first kappa shape index (κ1) is 10.1. The van der Waals surface area contributed by atoms with Gasteiger partial charge in [-0.05, 0) is 30.7 Å². The topological polar surface area (TPSA) is 44.0 Å². The van der Waals surface area contributed by atoms with Crippen molar-refractivity contribution in [2.75, 3.05) is 12.4 Å². The first-order chi connectivity index (χ1) is 6.27. The number of nitriles is 1. The maximum atomic E-state index is 8.65. The van der Waals surface area contributed by atoms with E-state index >= 15 is 0 Å². The van der Waals surface area contributed by atoms with Crippen LogP contribution in [-0.2, 0) is 0 Å². The number of nitrogens with zero attached hydrogens (tertiary/aromatic N) is 1. The van der Waals surface area contributed by atoms with Crippen LogP contribution in [0.25, 0.3) is 0 Å². The molecule has 0 aliphatic carbocycles. The molecule has 68 valence electrons. The zero-order chi connectivity index (χ0) is 9.68. The van der Waals surface area contributed by atoms with Crippen LogP contribution in [0.5, 0.6) is 0 Å². The van der Waals surface area contributed by atoms with Crippen molar-refractivity contribution in [3.8, 4) is 6.07 Å². The van der Waals surface area contributed by atoms with Crippen LogP contribution in [0.1, 0.15) is 11.1 Å². The van der Waals surface area contributed by atoms with Gasteiger partial charge in [0.2, 0.25) is 0 Å². The van der Waals surface area contributed by atoms with Gasteiger partial charge in [0, 0.05) is 10.6 Å². The third-order valence-corrected chi connectivity index (χ3v) is 2.81. The van der Waals surface area contributed by atoms with E-state index in [2.05, 4.69) is 6.07 Å². The van der Waals surface area contributed by atoms with Crippen molar-refractivity contribution < 1.29 is 5.11 Å². The number of aryl methyl sites for hydroxylation is 1. The molecule has 0 aliphatic heterocycles. The molecule has 2 nitrogen and oxygen atoms in total. The average molecular weight is 193 g/mol. The van der Waals surface area contributed by atoms with Crippen LogP contribution in [0, 0.1) is 18.3 Å². The molecule has 3 heteroatoms.